The molecule has 0 saturated carbocycles. The quantitative estimate of drug-likeness (QED) is 0.507. The van der Waals surface area contributed by atoms with Gasteiger partial charge in [-0.2, -0.15) is 0 Å². The van der Waals surface area contributed by atoms with Crippen LogP contribution >= 0.6 is 0 Å². The van der Waals surface area contributed by atoms with Crippen molar-refractivity contribution in [3.63, 3.8) is 0 Å². The van der Waals surface area contributed by atoms with Crippen molar-refractivity contribution in [1.82, 2.24) is 4.98 Å². The molecule has 10 heteroatoms. The minimum absolute atomic E-state index is 0.135. The van der Waals surface area contributed by atoms with Crippen molar-refractivity contribution < 1.29 is 27.6 Å². The first-order chi connectivity index (χ1) is 13.3. The van der Waals surface area contributed by atoms with Crippen LogP contribution in [-0.2, 0) is 20.3 Å². The van der Waals surface area contributed by atoms with Gasteiger partial charge in [0.1, 0.15) is 17.6 Å². The number of nitrogens with zero attached hydrogens (tertiary/aromatic N) is 2. The Hall–Kier alpha value is -2.72. The summed E-state index contributed by atoms with van der Waals surface area (Å²) in [6, 6.07) is 7.42. The molecule has 0 radical (unpaired) electrons. The Morgan fingerprint density at radius 2 is 1.93 bits per heavy atom. The van der Waals surface area contributed by atoms with Crippen LogP contribution < -0.4 is 9.47 Å². The Bertz CT molecular complexity index is 939. The van der Waals surface area contributed by atoms with E-state index in [4.69, 9.17) is 14.2 Å². The van der Waals surface area contributed by atoms with Gasteiger partial charge in [-0.3, -0.25) is 15.1 Å². The van der Waals surface area contributed by atoms with Gasteiger partial charge in [0.25, 0.3) is 0 Å². The van der Waals surface area contributed by atoms with Gasteiger partial charge < -0.3 is 14.2 Å². The summed E-state index contributed by atoms with van der Waals surface area (Å²) in [4.78, 5) is 14.9. The molecule has 2 aromatic rings. The molecule has 0 spiro atoms. The van der Waals surface area contributed by atoms with Crippen molar-refractivity contribution >= 4 is 15.5 Å². The number of rotatable bonds is 7. The van der Waals surface area contributed by atoms with Gasteiger partial charge in [0.2, 0.25) is 5.75 Å². The third-order valence-corrected chi connectivity index (χ3v) is 4.85. The summed E-state index contributed by atoms with van der Waals surface area (Å²) in [7, 11) is -3.17. The normalized spacial score (nSPS) is 15.2. The minimum atomic E-state index is -3.17. The van der Waals surface area contributed by atoms with E-state index in [1.54, 1.807) is 12.1 Å². The van der Waals surface area contributed by atoms with Crippen molar-refractivity contribution in [3.8, 4) is 17.2 Å². The summed E-state index contributed by atoms with van der Waals surface area (Å²) >= 11 is 0. The second kappa shape index (κ2) is 8.53. The molecule has 1 aromatic carbocycles. The Kier molecular flexibility index (Phi) is 6.10. The SMILES string of the molecule is CS(=O)(=O)Cc1ccc(Oc2ccc([N+](=O)[O-])c(OC3CCOCC3)c2)cn1. The van der Waals surface area contributed by atoms with Crippen LogP contribution in [0.1, 0.15) is 18.5 Å². The van der Waals surface area contributed by atoms with Gasteiger partial charge in [-0.05, 0) is 18.2 Å². The first-order valence-electron chi connectivity index (χ1n) is 8.63. The molecule has 1 saturated heterocycles. The van der Waals surface area contributed by atoms with Gasteiger partial charge in [0.15, 0.2) is 9.84 Å². The van der Waals surface area contributed by atoms with E-state index in [1.807, 2.05) is 0 Å². The number of pyridine rings is 1. The van der Waals surface area contributed by atoms with Crippen molar-refractivity contribution in [2.24, 2.45) is 0 Å². The average molecular weight is 408 g/mol. The summed E-state index contributed by atoms with van der Waals surface area (Å²) in [6.45, 7) is 1.11. The standard InChI is InChI=1S/C18H20N2O7S/c1-28(23,24)12-13-2-3-16(11-19-13)26-15-4-5-17(20(21)22)18(10-15)27-14-6-8-25-9-7-14/h2-5,10-11,14H,6-9,12H2,1H3. The van der Waals surface area contributed by atoms with E-state index in [-0.39, 0.29) is 23.3 Å². The van der Waals surface area contributed by atoms with Crippen LogP contribution in [0.2, 0.25) is 0 Å². The highest BCUT2D eigenvalue weighted by molar-refractivity contribution is 7.89. The number of benzene rings is 1. The third-order valence-electron chi connectivity index (χ3n) is 4.03. The van der Waals surface area contributed by atoms with E-state index < -0.39 is 14.8 Å². The number of hydrogen-bond acceptors (Lipinski definition) is 8. The van der Waals surface area contributed by atoms with E-state index in [9.17, 15) is 18.5 Å². The predicted molar refractivity (Wildman–Crippen MR) is 100 cm³/mol. The van der Waals surface area contributed by atoms with Gasteiger partial charge in [-0.15, -0.1) is 0 Å². The molecule has 0 unspecified atom stereocenters. The maximum absolute atomic E-state index is 11.3. The monoisotopic (exact) mass is 408 g/mol. The van der Waals surface area contributed by atoms with Crippen LogP contribution in [-0.4, -0.2) is 43.9 Å². The van der Waals surface area contributed by atoms with Gasteiger partial charge in [0.05, 0.1) is 35.8 Å². The van der Waals surface area contributed by atoms with Crippen molar-refractivity contribution in [3.05, 3.63) is 52.3 Å². The van der Waals surface area contributed by atoms with E-state index in [0.717, 1.165) is 6.26 Å². The topological polar surface area (TPSA) is 118 Å². The lowest BCUT2D eigenvalue weighted by atomic mass is 10.1. The molecule has 0 atom stereocenters. The maximum Gasteiger partial charge on any atom is 0.311 e. The lowest BCUT2D eigenvalue weighted by molar-refractivity contribution is -0.386. The van der Waals surface area contributed by atoms with E-state index in [2.05, 4.69) is 4.98 Å². The Balaban J connectivity index is 1.76. The zero-order valence-corrected chi connectivity index (χ0v) is 16.1. The molecule has 0 N–H and O–H groups in total. The van der Waals surface area contributed by atoms with Crippen LogP contribution in [0.15, 0.2) is 36.5 Å². The molecule has 150 valence electrons. The molecule has 1 aliphatic rings. The fraction of sp³-hybridized carbons (Fsp3) is 0.389. The van der Waals surface area contributed by atoms with E-state index >= 15 is 0 Å². The Morgan fingerprint density at radius 3 is 2.54 bits per heavy atom. The first kappa shape index (κ1) is 20.0. The summed E-state index contributed by atoms with van der Waals surface area (Å²) in [6.07, 6.45) is 3.71. The van der Waals surface area contributed by atoms with Gasteiger partial charge in [0, 0.05) is 31.2 Å². The zero-order valence-electron chi connectivity index (χ0n) is 15.2. The van der Waals surface area contributed by atoms with Crippen LogP contribution in [0.25, 0.3) is 0 Å². The highest BCUT2D eigenvalue weighted by atomic mass is 32.2. The summed E-state index contributed by atoms with van der Waals surface area (Å²) in [5.41, 5.74) is 0.266. The lowest BCUT2D eigenvalue weighted by Gasteiger charge is -2.23. The highest BCUT2D eigenvalue weighted by Gasteiger charge is 2.22. The largest absolute Gasteiger partial charge is 0.483 e. The Labute approximate surface area is 162 Å². The fourth-order valence-electron chi connectivity index (χ4n) is 2.74. The molecule has 0 bridgehead atoms. The van der Waals surface area contributed by atoms with Crippen LogP contribution in [0.4, 0.5) is 5.69 Å². The third kappa shape index (κ3) is 5.64. The molecular formula is C18H20N2O7S. The molecule has 0 amide bonds. The fourth-order valence-corrected chi connectivity index (χ4v) is 3.45. The molecule has 1 aromatic heterocycles. The van der Waals surface area contributed by atoms with E-state index in [1.165, 1.54) is 24.4 Å². The number of ether oxygens (including phenoxy) is 3. The number of aromatic nitrogens is 1. The summed E-state index contributed by atoms with van der Waals surface area (Å²) in [5.74, 6) is 0.706. The minimum Gasteiger partial charge on any atom is -0.483 e. The predicted octanol–water partition coefficient (Wildman–Crippen LogP) is 2.88. The number of nitro groups is 1. The molecule has 2 heterocycles. The molecule has 3 rings (SSSR count). The highest BCUT2D eigenvalue weighted by Crippen LogP contribution is 2.34. The van der Waals surface area contributed by atoms with Gasteiger partial charge in [-0.1, -0.05) is 0 Å². The summed E-state index contributed by atoms with van der Waals surface area (Å²) in [5, 5.41) is 11.3. The first-order valence-corrected chi connectivity index (χ1v) is 10.7. The van der Waals surface area contributed by atoms with Gasteiger partial charge >= 0.3 is 5.69 Å². The number of nitro benzene ring substituents is 1. The van der Waals surface area contributed by atoms with Crippen molar-refractivity contribution in [1.29, 1.82) is 0 Å². The molecule has 1 fully saturated rings. The molecule has 9 nitrogen and oxygen atoms in total. The molecule has 0 aliphatic carbocycles. The second-order valence-electron chi connectivity index (χ2n) is 6.47. The van der Waals surface area contributed by atoms with Crippen LogP contribution in [0, 0.1) is 10.1 Å². The smallest absolute Gasteiger partial charge is 0.311 e. The maximum atomic E-state index is 11.3. The number of hydrogen-bond donors (Lipinski definition) is 0. The second-order valence-corrected chi connectivity index (χ2v) is 8.61. The van der Waals surface area contributed by atoms with Crippen LogP contribution in [0.3, 0.4) is 0 Å². The molecular weight excluding hydrogens is 388 g/mol. The van der Waals surface area contributed by atoms with Crippen molar-refractivity contribution in [2.45, 2.75) is 24.7 Å². The Morgan fingerprint density at radius 1 is 1.21 bits per heavy atom. The summed E-state index contributed by atoms with van der Waals surface area (Å²) < 4.78 is 39.4. The molecule has 1 aliphatic heterocycles. The lowest BCUT2D eigenvalue weighted by Crippen LogP contribution is -2.26. The van der Waals surface area contributed by atoms with E-state index in [0.29, 0.717) is 43.2 Å². The zero-order chi connectivity index (χ0) is 20.1. The number of sulfone groups is 1. The molecule has 28 heavy (non-hydrogen) atoms. The van der Waals surface area contributed by atoms with Crippen LogP contribution in [0.5, 0.6) is 17.2 Å². The van der Waals surface area contributed by atoms with Crippen molar-refractivity contribution in [2.75, 3.05) is 19.5 Å². The van der Waals surface area contributed by atoms with Gasteiger partial charge in [-0.25, -0.2) is 8.42 Å². The average Bonchev–Trinajstić information content (AvgIpc) is 2.63.